The molecule has 0 aliphatic carbocycles. The fourth-order valence-corrected chi connectivity index (χ4v) is 3.04. The lowest BCUT2D eigenvalue weighted by molar-refractivity contribution is 1.12. The van der Waals surface area contributed by atoms with E-state index in [1.54, 1.807) is 13.1 Å². The Balaban J connectivity index is 2.22. The van der Waals surface area contributed by atoms with E-state index in [1.807, 2.05) is 46.4 Å². The molecule has 21 heavy (non-hydrogen) atoms. The summed E-state index contributed by atoms with van der Waals surface area (Å²) in [5.41, 5.74) is 1.94. The first kappa shape index (κ1) is 14.3. The Hall–Kier alpha value is -1.62. The molecule has 2 aromatic carbocycles. The Morgan fingerprint density at radius 3 is 2.48 bits per heavy atom. The lowest BCUT2D eigenvalue weighted by Gasteiger charge is -2.07. The van der Waals surface area contributed by atoms with Crippen LogP contribution in [0, 0.1) is 0 Å². The molecule has 0 amide bonds. The molecule has 0 unspecified atom stereocenters. The summed E-state index contributed by atoms with van der Waals surface area (Å²) in [4.78, 5) is 9.44. The Kier molecular flexibility index (Phi) is 4.10. The van der Waals surface area contributed by atoms with Crippen LogP contribution in [0.3, 0.4) is 0 Å². The zero-order valence-electron chi connectivity index (χ0n) is 11.1. The second-order valence-electron chi connectivity index (χ2n) is 4.29. The zero-order valence-corrected chi connectivity index (χ0v) is 13.5. The predicted molar refractivity (Wildman–Crippen MR) is 88.4 cm³/mol. The van der Waals surface area contributed by atoms with Gasteiger partial charge in [-0.1, -0.05) is 53.5 Å². The van der Waals surface area contributed by atoms with Crippen molar-refractivity contribution in [2.45, 2.75) is 0 Å². The summed E-state index contributed by atoms with van der Waals surface area (Å²) in [5.74, 6) is 0.833. The van der Waals surface area contributed by atoms with Crippen LogP contribution in [0.5, 0.6) is 0 Å². The summed E-state index contributed by atoms with van der Waals surface area (Å²) in [6, 6.07) is 15.5. The molecule has 0 fully saturated rings. The maximum absolute atomic E-state index is 6.12. The van der Waals surface area contributed by atoms with Crippen LogP contribution in [0.2, 0.25) is 10.0 Å². The molecule has 6 heteroatoms. The highest BCUT2D eigenvalue weighted by molar-refractivity contribution is 7.04. The van der Waals surface area contributed by atoms with Gasteiger partial charge in [-0.3, -0.25) is 4.99 Å². The summed E-state index contributed by atoms with van der Waals surface area (Å²) in [6.45, 7) is 0. The fourth-order valence-electron chi connectivity index (χ4n) is 1.93. The molecule has 0 N–H and O–H groups in total. The third-order valence-electron chi connectivity index (χ3n) is 2.93. The largest absolute Gasteiger partial charge is 0.260 e. The van der Waals surface area contributed by atoms with Crippen molar-refractivity contribution in [1.29, 1.82) is 0 Å². The quantitative estimate of drug-likeness (QED) is 0.680. The summed E-state index contributed by atoms with van der Waals surface area (Å²) < 4.78 is 2.00. The van der Waals surface area contributed by atoms with E-state index in [0.717, 1.165) is 17.1 Å². The van der Waals surface area contributed by atoms with Crippen LogP contribution in [0.15, 0.2) is 53.5 Å². The van der Waals surface area contributed by atoms with Gasteiger partial charge in [-0.05, 0) is 29.7 Å². The number of hydrogen-bond donors (Lipinski definition) is 0. The molecular formula is C15H11Cl2N3S. The molecule has 3 nitrogen and oxygen atoms in total. The van der Waals surface area contributed by atoms with Gasteiger partial charge in [-0.15, -0.1) is 0 Å². The maximum atomic E-state index is 6.12. The molecule has 0 spiro atoms. The minimum atomic E-state index is 0.518. The minimum Gasteiger partial charge on any atom is -0.260 e. The summed E-state index contributed by atoms with van der Waals surface area (Å²) in [5, 5.41) is 1.05. The summed E-state index contributed by atoms with van der Waals surface area (Å²) in [7, 11) is 1.73. The number of nitrogens with zero attached hydrogens (tertiary/aromatic N) is 3. The van der Waals surface area contributed by atoms with E-state index >= 15 is 0 Å². The Labute approximate surface area is 136 Å². The van der Waals surface area contributed by atoms with Crippen LogP contribution in [0.4, 0.5) is 0 Å². The van der Waals surface area contributed by atoms with Crippen LogP contribution in [0.1, 0.15) is 0 Å². The van der Waals surface area contributed by atoms with Gasteiger partial charge < -0.3 is 0 Å². The molecule has 106 valence electrons. The van der Waals surface area contributed by atoms with Gasteiger partial charge in [0.2, 0.25) is 4.80 Å². The average Bonchev–Trinajstić information content (AvgIpc) is 2.95. The number of aromatic nitrogens is 2. The van der Waals surface area contributed by atoms with Crippen LogP contribution >= 0.6 is 34.7 Å². The molecule has 1 aromatic heterocycles. The Morgan fingerprint density at radius 2 is 1.81 bits per heavy atom. The topological polar surface area (TPSA) is 30.2 Å². The highest BCUT2D eigenvalue weighted by Crippen LogP contribution is 2.28. The lowest BCUT2D eigenvalue weighted by atomic mass is 10.2. The van der Waals surface area contributed by atoms with Crippen LogP contribution < -0.4 is 4.80 Å². The van der Waals surface area contributed by atoms with Crippen molar-refractivity contribution in [3.63, 3.8) is 0 Å². The first-order chi connectivity index (χ1) is 10.2. The van der Waals surface area contributed by atoms with Gasteiger partial charge in [0.15, 0.2) is 5.82 Å². The summed E-state index contributed by atoms with van der Waals surface area (Å²) in [6.07, 6.45) is 0. The molecule has 0 bridgehead atoms. The molecule has 3 rings (SSSR count). The van der Waals surface area contributed by atoms with Crippen molar-refractivity contribution in [3.05, 3.63) is 63.4 Å². The first-order valence-electron chi connectivity index (χ1n) is 6.23. The third-order valence-corrected chi connectivity index (χ3v) is 4.67. The van der Waals surface area contributed by atoms with Crippen molar-refractivity contribution < 1.29 is 0 Å². The zero-order chi connectivity index (χ0) is 14.8. The van der Waals surface area contributed by atoms with E-state index in [0.29, 0.717) is 14.8 Å². The average molecular weight is 336 g/mol. The Bertz CT molecular complexity index is 838. The molecule has 0 saturated carbocycles. The van der Waals surface area contributed by atoms with Gasteiger partial charge >= 0.3 is 0 Å². The number of halogens is 2. The normalized spacial score (nSPS) is 11.9. The van der Waals surface area contributed by atoms with E-state index in [4.69, 9.17) is 23.2 Å². The van der Waals surface area contributed by atoms with Gasteiger partial charge in [-0.25, -0.2) is 3.96 Å². The van der Waals surface area contributed by atoms with Crippen molar-refractivity contribution in [3.8, 4) is 17.1 Å². The monoisotopic (exact) mass is 335 g/mol. The SMILES string of the molecule is CN=c1nc(-c2ccccc2)n(-c2ccc(Cl)c(Cl)c2)s1. The standard InChI is InChI=1S/C15H11Cl2N3S/c1-18-15-19-14(10-5-3-2-4-6-10)20(21-15)11-7-8-12(16)13(17)9-11/h2-9H,1H3. The molecule has 3 aromatic rings. The fraction of sp³-hybridized carbons (Fsp3) is 0.0667. The number of benzene rings is 2. The van der Waals surface area contributed by atoms with E-state index in [1.165, 1.54) is 11.5 Å². The second kappa shape index (κ2) is 6.02. The van der Waals surface area contributed by atoms with Crippen LogP contribution in [-0.4, -0.2) is 16.0 Å². The predicted octanol–water partition coefficient (Wildman–Crippen LogP) is 4.44. The van der Waals surface area contributed by atoms with Crippen LogP contribution in [-0.2, 0) is 0 Å². The maximum Gasteiger partial charge on any atom is 0.222 e. The highest BCUT2D eigenvalue weighted by Gasteiger charge is 2.11. The second-order valence-corrected chi connectivity index (χ2v) is 6.02. The number of hydrogen-bond acceptors (Lipinski definition) is 3. The molecular weight excluding hydrogens is 325 g/mol. The van der Waals surface area contributed by atoms with Crippen molar-refractivity contribution in [1.82, 2.24) is 8.94 Å². The van der Waals surface area contributed by atoms with E-state index < -0.39 is 0 Å². The van der Waals surface area contributed by atoms with Gasteiger partial charge in [0.1, 0.15) is 0 Å². The van der Waals surface area contributed by atoms with E-state index in [2.05, 4.69) is 9.98 Å². The Morgan fingerprint density at radius 1 is 1.05 bits per heavy atom. The van der Waals surface area contributed by atoms with Gasteiger partial charge in [-0.2, -0.15) is 4.98 Å². The van der Waals surface area contributed by atoms with Crippen LogP contribution in [0.25, 0.3) is 17.1 Å². The van der Waals surface area contributed by atoms with E-state index in [9.17, 15) is 0 Å². The first-order valence-corrected chi connectivity index (χ1v) is 7.76. The van der Waals surface area contributed by atoms with Crippen molar-refractivity contribution in [2.75, 3.05) is 7.05 Å². The van der Waals surface area contributed by atoms with Crippen molar-refractivity contribution in [2.24, 2.45) is 4.99 Å². The molecule has 0 aliphatic heterocycles. The smallest absolute Gasteiger partial charge is 0.222 e. The molecule has 0 aliphatic rings. The molecule has 0 atom stereocenters. The van der Waals surface area contributed by atoms with Gasteiger partial charge in [0, 0.05) is 12.6 Å². The molecule has 1 heterocycles. The van der Waals surface area contributed by atoms with Gasteiger partial charge in [0.05, 0.1) is 15.7 Å². The molecule has 0 radical (unpaired) electrons. The number of rotatable bonds is 2. The van der Waals surface area contributed by atoms with E-state index in [-0.39, 0.29) is 0 Å². The van der Waals surface area contributed by atoms with Crippen molar-refractivity contribution >= 4 is 34.7 Å². The van der Waals surface area contributed by atoms with Gasteiger partial charge in [0.25, 0.3) is 0 Å². The molecule has 0 saturated heterocycles. The third kappa shape index (κ3) is 2.88. The highest BCUT2D eigenvalue weighted by atomic mass is 35.5. The lowest BCUT2D eigenvalue weighted by Crippen LogP contribution is -1.96. The summed E-state index contributed by atoms with van der Waals surface area (Å²) >= 11 is 13.6. The minimum absolute atomic E-state index is 0.518.